The predicted octanol–water partition coefficient (Wildman–Crippen LogP) is 3.48. The number of methoxy groups -OCH3 is 1. The zero-order valence-electron chi connectivity index (χ0n) is 16.9. The monoisotopic (exact) mass is 416 g/mol. The Balaban J connectivity index is 1.58. The maximum atomic E-state index is 12.6. The molecular formula is C22H28N2O4S. The molecular weight excluding hydrogens is 388 g/mol. The number of ether oxygens (including phenoxy) is 1. The van der Waals surface area contributed by atoms with Gasteiger partial charge in [0.2, 0.25) is 10.0 Å². The van der Waals surface area contributed by atoms with Crippen LogP contribution < -0.4 is 14.8 Å². The molecule has 0 bridgehead atoms. The van der Waals surface area contributed by atoms with Gasteiger partial charge in [-0.05, 0) is 60.7 Å². The molecule has 2 N–H and O–H groups in total. The summed E-state index contributed by atoms with van der Waals surface area (Å²) in [7, 11) is -1.98. The fourth-order valence-corrected chi connectivity index (χ4v) is 4.93. The van der Waals surface area contributed by atoms with Gasteiger partial charge in [0.25, 0.3) is 5.91 Å². The highest BCUT2D eigenvalue weighted by Crippen LogP contribution is 2.25. The molecule has 1 aliphatic carbocycles. The molecule has 6 nitrogen and oxygen atoms in total. The van der Waals surface area contributed by atoms with Crippen LogP contribution in [0.15, 0.2) is 53.4 Å². The minimum atomic E-state index is -3.58. The lowest BCUT2D eigenvalue weighted by Gasteiger charge is -2.27. The summed E-state index contributed by atoms with van der Waals surface area (Å²) in [6.45, 7) is 2.53. The second-order valence-electron chi connectivity index (χ2n) is 7.65. The van der Waals surface area contributed by atoms with Crippen molar-refractivity contribution in [2.24, 2.45) is 5.92 Å². The summed E-state index contributed by atoms with van der Waals surface area (Å²) in [5.41, 5.74) is 1.37. The SMILES string of the molecule is COc1ccc(CNC(=O)c2ccc(S(=O)(=O)NC3CCCC(C)C3)cc2)cc1. The molecule has 156 valence electrons. The Morgan fingerprint density at radius 1 is 1.07 bits per heavy atom. The van der Waals surface area contributed by atoms with Gasteiger partial charge in [-0.2, -0.15) is 0 Å². The zero-order valence-corrected chi connectivity index (χ0v) is 17.7. The molecule has 0 heterocycles. The number of hydrogen-bond donors (Lipinski definition) is 2. The van der Waals surface area contributed by atoms with Crippen LogP contribution in [0, 0.1) is 5.92 Å². The van der Waals surface area contributed by atoms with Gasteiger partial charge in [-0.1, -0.05) is 31.9 Å². The molecule has 0 spiro atoms. The highest BCUT2D eigenvalue weighted by Gasteiger charge is 2.24. The Bertz CT molecular complexity index is 924. The topological polar surface area (TPSA) is 84.5 Å². The van der Waals surface area contributed by atoms with E-state index in [2.05, 4.69) is 17.0 Å². The van der Waals surface area contributed by atoms with Gasteiger partial charge in [0.15, 0.2) is 0 Å². The number of rotatable bonds is 7. The van der Waals surface area contributed by atoms with Gasteiger partial charge >= 0.3 is 0 Å². The molecule has 3 rings (SSSR count). The van der Waals surface area contributed by atoms with E-state index < -0.39 is 10.0 Å². The van der Waals surface area contributed by atoms with Gasteiger partial charge in [-0.15, -0.1) is 0 Å². The third-order valence-corrected chi connectivity index (χ3v) is 6.83. The second-order valence-corrected chi connectivity index (χ2v) is 9.36. The van der Waals surface area contributed by atoms with Crippen LogP contribution in [-0.4, -0.2) is 27.5 Å². The first kappa shape index (κ1) is 21.3. The standard InChI is InChI=1S/C22H28N2O4S/c1-16-4-3-5-19(14-16)24-29(26,27)21-12-8-18(9-13-21)22(25)23-15-17-6-10-20(28-2)11-7-17/h6-13,16,19,24H,3-5,14-15H2,1-2H3,(H,23,25). The van der Waals surface area contributed by atoms with Gasteiger partial charge in [-0.25, -0.2) is 13.1 Å². The first-order valence-corrected chi connectivity index (χ1v) is 11.4. The molecule has 0 aliphatic heterocycles. The molecule has 1 fully saturated rings. The Labute approximate surface area is 172 Å². The minimum absolute atomic E-state index is 0.0174. The van der Waals surface area contributed by atoms with Crippen molar-refractivity contribution >= 4 is 15.9 Å². The van der Waals surface area contributed by atoms with Gasteiger partial charge in [-0.3, -0.25) is 4.79 Å². The maximum Gasteiger partial charge on any atom is 0.251 e. The fraction of sp³-hybridized carbons (Fsp3) is 0.409. The fourth-order valence-electron chi connectivity index (χ4n) is 3.64. The van der Waals surface area contributed by atoms with E-state index in [4.69, 9.17) is 4.74 Å². The summed E-state index contributed by atoms with van der Waals surface area (Å²) in [5.74, 6) is 1.04. The summed E-state index contributed by atoms with van der Waals surface area (Å²) in [4.78, 5) is 12.5. The molecule has 0 aromatic heterocycles. The molecule has 2 unspecified atom stereocenters. The number of carbonyl (C=O) groups is 1. The van der Waals surface area contributed by atoms with Crippen LogP contribution >= 0.6 is 0 Å². The zero-order chi connectivity index (χ0) is 20.9. The molecule has 1 aliphatic rings. The van der Waals surface area contributed by atoms with E-state index >= 15 is 0 Å². The van der Waals surface area contributed by atoms with Crippen molar-refractivity contribution < 1.29 is 17.9 Å². The van der Waals surface area contributed by atoms with Crippen molar-refractivity contribution in [3.05, 3.63) is 59.7 Å². The molecule has 2 atom stereocenters. The average Bonchev–Trinajstić information content (AvgIpc) is 2.72. The second kappa shape index (κ2) is 9.41. The first-order valence-electron chi connectivity index (χ1n) is 9.91. The summed E-state index contributed by atoms with van der Waals surface area (Å²) >= 11 is 0. The molecule has 29 heavy (non-hydrogen) atoms. The maximum absolute atomic E-state index is 12.6. The largest absolute Gasteiger partial charge is 0.497 e. The van der Waals surface area contributed by atoms with Gasteiger partial charge in [0.1, 0.15) is 5.75 Å². The Morgan fingerprint density at radius 3 is 2.38 bits per heavy atom. The third kappa shape index (κ3) is 5.81. The number of amides is 1. The van der Waals surface area contributed by atoms with E-state index in [0.29, 0.717) is 18.0 Å². The van der Waals surface area contributed by atoms with Crippen LogP contribution in [0.5, 0.6) is 5.75 Å². The first-order chi connectivity index (χ1) is 13.9. The highest BCUT2D eigenvalue weighted by atomic mass is 32.2. The Hall–Kier alpha value is -2.38. The number of benzene rings is 2. The Kier molecular flexibility index (Phi) is 6.92. The van der Waals surface area contributed by atoms with Gasteiger partial charge in [0.05, 0.1) is 12.0 Å². The summed E-state index contributed by atoms with van der Waals surface area (Å²) < 4.78 is 33.2. The van der Waals surface area contributed by atoms with E-state index in [0.717, 1.165) is 37.0 Å². The molecule has 0 radical (unpaired) electrons. The quantitative estimate of drug-likeness (QED) is 0.724. The number of carbonyl (C=O) groups excluding carboxylic acids is 1. The lowest BCUT2D eigenvalue weighted by molar-refractivity contribution is 0.0951. The van der Waals surface area contributed by atoms with Crippen LogP contribution in [0.2, 0.25) is 0 Å². The average molecular weight is 417 g/mol. The number of sulfonamides is 1. The van der Waals surface area contributed by atoms with Crippen LogP contribution in [0.25, 0.3) is 0 Å². The van der Waals surface area contributed by atoms with Crippen molar-refractivity contribution in [1.29, 1.82) is 0 Å². The van der Waals surface area contributed by atoms with Crippen molar-refractivity contribution in [2.45, 2.75) is 50.1 Å². The van der Waals surface area contributed by atoms with E-state index in [1.165, 1.54) is 12.1 Å². The van der Waals surface area contributed by atoms with Crippen molar-refractivity contribution in [3.8, 4) is 5.75 Å². The van der Waals surface area contributed by atoms with E-state index in [-0.39, 0.29) is 16.8 Å². The Morgan fingerprint density at radius 2 is 1.76 bits per heavy atom. The van der Waals surface area contributed by atoms with Crippen molar-refractivity contribution in [3.63, 3.8) is 0 Å². The smallest absolute Gasteiger partial charge is 0.251 e. The highest BCUT2D eigenvalue weighted by molar-refractivity contribution is 7.89. The molecule has 1 amide bonds. The van der Waals surface area contributed by atoms with E-state index in [1.54, 1.807) is 19.2 Å². The van der Waals surface area contributed by atoms with Crippen molar-refractivity contribution in [2.75, 3.05) is 7.11 Å². The van der Waals surface area contributed by atoms with Gasteiger partial charge < -0.3 is 10.1 Å². The molecule has 7 heteroatoms. The number of hydrogen-bond acceptors (Lipinski definition) is 4. The lowest BCUT2D eigenvalue weighted by atomic mass is 9.88. The van der Waals surface area contributed by atoms with Crippen LogP contribution in [0.4, 0.5) is 0 Å². The normalized spacial score (nSPS) is 19.5. The molecule has 2 aromatic rings. The van der Waals surface area contributed by atoms with Crippen LogP contribution in [0.3, 0.4) is 0 Å². The van der Waals surface area contributed by atoms with Gasteiger partial charge in [0, 0.05) is 18.2 Å². The lowest BCUT2D eigenvalue weighted by Crippen LogP contribution is -2.37. The summed E-state index contributed by atoms with van der Waals surface area (Å²) in [5, 5.41) is 2.84. The van der Waals surface area contributed by atoms with Crippen LogP contribution in [0.1, 0.15) is 48.5 Å². The van der Waals surface area contributed by atoms with Crippen LogP contribution in [-0.2, 0) is 16.6 Å². The molecule has 1 saturated carbocycles. The third-order valence-electron chi connectivity index (χ3n) is 5.30. The van der Waals surface area contributed by atoms with E-state index in [9.17, 15) is 13.2 Å². The van der Waals surface area contributed by atoms with Crippen molar-refractivity contribution in [1.82, 2.24) is 10.0 Å². The molecule has 2 aromatic carbocycles. The number of nitrogens with one attached hydrogen (secondary N) is 2. The van der Waals surface area contributed by atoms with E-state index in [1.807, 2.05) is 24.3 Å². The molecule has 0 saturated heterocycles. The summed E-state index contributed by atoms with van der Waals surface area (Å²) in [6.07, 6.45) is 3.93. The predicted molar refractivity (Wildman–Crippen MR) is 112 cm³/mol. The summed E-state index contributed by atoms with van der Waals surface area (Å²) in [6, 6.07) is 13.5. The minimum Gasteiger partial charge on any atom is -0.497 e.